The van der Waals surface area contributed by atoms with Gasteiger partial charge in [0.05, 0.1) is 18.0 Å². The van der Waals surface area contributed by atoms with Gasteiger partial charge in [-0.3, -0.25) is 9.59 Å². The Hall–Kier alpha value is -2.12. The number of hydrogen-bond acceptors (Lipinski definition) is 4. The van der Waals surface area contributed by atoms with E-state index in [9.17, 15) is 14.4 Å². The van der Waals surface area contributed by atoms with Gasteiger partial charge in [-0.15, -0.1) is 12.4 Å². The highest BCUT2D eigenvalue weighted by Gasteiger charge is 2.17. The summed E-state index contributed by atoms with van der Waals surface area (Å²) < 4.78 is 0. The molecule has 8 heteroatoms. The Balaban J connectivity index is 0.00000324. The fraction of sp³-hybridized carbons (Fsp3) is 0.182. The molecule has 1 atom stereocenters. The van der Waals surface area contributed by atoms with Crippen LogP contribution in [0.4, 0.5) is 5.69 Å². The maximum absolute atomic E-state index is 11.5. The van der Waals surface area contributed by atoms with Crippen molar-refractivity contribution < 1.29 is 24.6 Å². The first-order valence-corrected chi connectivity index (χ1v) is 5.01. The molecule has 0 aliphatic heterocycles. The Bertz CT molecular complexity index is 492. The van der Waals surface area contributed by atoms with Gasteiger partial charge in [-0.25, -0.2) is 4.79 Å². The van der Waals surface area contributed by atoms with Crippen LogP contribution < -0.4 is 11.1 Å². The topological polar surface area (TPSA) is 130 Å². The van der Waals surface area contributed by atoms with Crippen LogP contribution in [0.25, 0.3) is 0 Å². The first-order chi connectivity index (χ1) is 8.40. The lowest BCUT2D eigenvalue weighted by Crippen LogP contribution is -2.37. The molecular weight excluding hydrogens is 276 g/mol. The average Bonchev–Trinajstić information content (AvgIpc) is 2.28. The van der Waals surface area contributed by atoms with Crippen molar-refractivity contribution >= 4 is 35.9 Å². The van der Waals surface area contributed by atoms with Crippen molar-refractivity contribution in [1.82, 2.24) is 0 Å². The number of nitrogens with two attached hydrogens (primary N) is 1. The molecule has 0 radical (unpaired) electrons. The van der Waals surface area contributed by atoms with Crippen LogP contribution in [0.3, 0.4) is 0 Å². The number of carboxylic acid groups (broad SMARTS) is 2. The Labute approximate surface area is 114 Å². The van der Waals surface area contributed by atoms with E-state index in [0.717, 1.165) is 0 Å². The monoisotopic (exact) mass is 288 g/mol. The summed E-state index contributed by atoms with van der Waals surface area (Å²) in [7, 11) is 0. The molecule has 0 aliphatic carbocycles. The van der Waals surface area contributed by atoms with E-state index in [-0.39, 0.29) is 23.7 Å². The quantitative estimate of drug-likeness (QED) is 0.626. The lowest BCUT2D eigenvalue weighted by Gasteiger charge is -2.10. The number of halogens is 1. The second-order valence-electron chi connectivity index (χ2n) is 3.58. The number of aromatic carboxylic acids is 1. The summed E-state index contributed by atoms with van der Waals surface area (Å²) in [6, 6.07) is 4.39. The van der Waals surface area contributed by atoms with Gasteiger partial charge in [0.15, 0.2) is 0 Å². The van der Waals surface area contributed by atoms with Crippen LogP contribution >= 0.6 is 12.4 Å². The maximum Gasteiger partial charge on any atom is 0.335 e. The predicted molar refractivity (Wildman–Crippen MR) is 69.5 cm³/mol. The highest BCUT2D eigenvalue weighted by molar-refractivity contribution is 5.97. The van der Waals surface area contributed by atoms with Crippen LogP contribution in [0, 0.1) is 0 Å². The van der Waals surface area contributed by atoms with Gasteiger partial charge in [0.1, 0.15) is 0 Å². The SMILES string of the molecule is Cl.NC(CC(=O)O)C(=O)Nc1cccc(C(=O)O)c1. The number of hydrogen-bond donors (Lipinski definition) is 4. The molecule has 0 bridgehead atoms. The molecule has 0 heterocycles. The summed E-state index contributed by atoms with van der Waals surface area (Å²) in [6.45, 7) is 0. The van der Waals surface area contributed by atoms with E-state index in [1.807, 2.05) is 0 Å². The molecule has 0 aromatic heterocycles. The van der Waals surface area contributed by atoms with E-state index in [4.69, 9.17) is 15.9 Å². The molecule has 1 rings (SSSR count). The van der Waals surface area contributed by atoms with Gasteiger partial charge in [0.25, 0.3) is 0 Å². The third-order valence-electron chi connectivity index (χ3n) is 2.11. The van der Waals surface area contributed by atoms with Gasteiger partial charge in [0, 0.05) is 5.69 Å². The number of aliphatic carboxylic acids is 1. The number of anilines is 1. The van der Waals surface area contributed by atoms with Gasteiger partial charge in [0.2, 0.25) is 5.91 Å². The standard InChI is InChI=1S/C11H12N2O5.ClH/c12-8(5-9(14)15)10(16)13-7-3-1-2-6(4-7)11(17)18;/h1-4,8H,5,12H2,(H,13,16)(H,14,15)(H,17,18);1H. The number of nitrogens with one attached hydrogen (secondary N) is 1. The van der Waals surface area contributed by atoms with E-state index in [2.05, 4.69) is 5.32 Å². The minimum atomic E-state index is -1.18. The summed E-state index contributed by atoms with van der Waals surface area (Å²) in [5.74, 6) is -2.99. The Morgan fingerprint density at radius 2 is 1.89 bits per heavy atom. The zero-order valence-corrected chi connectivity index (χ0v) is 10.5. The molecule has 1 unspecified atom stereocenters. The van der Waals surface area contributed by atoms with Crippen LogP contribution in [0.2, 0.25) is 0 Å². The van der Waals surface area contributed by atoms with Crippen molar-refractivity contribution in [2.75, 3.05) is 5.32 Å². The van der Waals surface area contributed by atoms with Crippen molar-refractivity contribution in [1.29, 1.82) is 0 Å². The van der Waals surface area contributed by atoms with Gasteiger partial charge in [-0.05, 0) is 18.2 Å². The third kappa shape index (κ3) is 5.36. The van der Waals surface area contributed by atoms with Crippen LogP contribution in [-0.4, -0.2) is 34.1 Å². The number of carbonyl (C=O) groups is 3. The predicted octanol–water partition coefficient (Wildman–Crippen LogP) is 0.547. The molecule has 104 valence electrons. The highest BCUT2D eigenvalue weighted by Crippen LogP contribution is 2.11. The minimum Gasteiger partial charge on any atom is -0.481 e. The van der Waals surface area contributed by atoms with Gasteiger partial charge in [-0.1, -0.05) is 6.07 Å². The van der Waals surface area contributed by atoms with Crippen molar-refractivity contribution in [2.45, 2.75) is 12.5 Å². The molecule has 1 amide bonds. The van der Waals surface area contributed by atoms with E-state index >= 15 is 0 Å². The number of carboxylic acids is 2. The fourth-order valence-corrected chi connectivity index (χ4v) is 1.25. The smallest absolute Gasteiger partial charge is 0.335 e. The third-order valence-corrected chi connectivity index (χ3v) is 2.11. The Morgan fingerprint density at radius 1 is 1.26 bits per heavy atom. The van der Waals surface area contributed by atoms with Crippen LogP contribution in [-0.2, 0) is 9.59 Å². The van der Waals surface area contributed by atoms with Crippen LogP contribution in [0.1, 0.15) is 16.8 Å². The molecule has 5 N–H and O–H groups in total. The molecule has 0 spiro atoms. The summed E-state index contributed by atoms with van der Waals surface area (Å²) in [5.41, 5.74) is 5.62. The normalized spacial score (nSPS) is 11.0. The van der Waals surface area contributed by atoms with Crippen LogP contribution in [0.15, 0.2) is 24.3 Å². The van der Waals surface area contributed by atoms with E-state index in [1.165, 1.54) is 24.3 Å². The van der Waals surface area contributed by atoms with Gasteiger partial charge in [-0.2, -0.15) is 0 Å². The van der Waals surface area contributed by atoms with Crippen molar-refractivity contribution in [2.24, 2.45) is 5.73 Å². The van der Waals surface area contributed by atoms with E-state index in [0.29, 0.717) is 0 Å². The first kappa shape index (κ1) is 16.9. The maximum atomic E-state index is 11.5. The Kier molecular flexibility index (Phi) is 6.53. The van der Waals surface area contributed by atoms with E-state index < -0.39 is 30.3 Å². The van der Waals surface area contributed by atoms with E-state index in [1.54, 1.807) is 0 Å². The van der Waals surface area contributed by atoms with Crippen LogP contribution in [0.5, 0.6) is 0 Å². The minimum absolute atomic E-state index is 0. The second-order valence-corrected chi connectivity index (χ2v) is 3.58. The molecule has 0 aliphatic rings. The summed E-state index contributed by atoms with van der Waals surface area (Å²) in [5, 5.41) is 19.6. The molecular formula is C11H13ClN2O5. The Morgan fingerprint density at radius 3 is 2.42 bits per heavy atom. The summed E-state index contributed by atoms with van der Waals surface area (Å²) in [4.78, 5) is 32.6. The number of rotatable bonds is 5. The lowest BCUT2D eigenvalue weighted by atomic mass is 10.1. The lowest BCUT2D eigenvalue weighted by molar-refractivity contribution is -0.138. The molecule has 7 nitrogen and oxygen atoms in total. The molecule has 0 saturated carbocycles. The number of benzene rings is 1. The van der Waals surface area contributed by atoms with Gasteiger partial charge >= 0.3 is 11.9 Å². The zero-order chi connectivity index (χ0) is 13.7. The average molecular weight is 289 g/mol. The summed E-state index contributed by atoms with van der Waals surface area (Å²) >= 11 is 0. The van der Waals surface area contributed by atoms with Gasteiger partial charge < -0.3 is 21.3 Å². The molecule has 1 aromatic rings. The highest BCUT2D eigenvalue weighted by atomic mass is 35.5. The summed E-state index contributed by atoms with van der Waals surface area (Å²) in [6.07, 6.45) is -0.496. The second kappa shape index (κ2) is 7.34. The molecule has 19 heavy (non-hydrogen) atoms. The molecule has 0 saturated heterocycles. The fourth-order valence-electron chi connectivity index (χ4n) is 1.25. The largest absolute Gasteiger partial charge is 0.481 e. The zero-order valence-electron chi connectivity index (χ0n) is 9.70. The first-order valence-electron chi connectivity index (χ1n) is 5.01. The van der Waals surface area contributed by atoms with Crippen molar-refractivity contribution in [3.63, 3.8) is 0 Å². The van der Waals surface area contributed by atoms with Crippen molar-refractivity contribution in [3.05, 3.63) is 29.8 Å². The van der Waals surface area contributed by atoms with Crippen molar-refractivity contribution in [3.8, 4) is 0 Å². The number of amides is 1. The molecule has 0 fully saturated rings. The molecule has 1 aromatic carbocycles. The number of carbonyl (C=O) groups excluding carboxylic acids is 1.